The molecule has 6 nitrogen and oxygen atoms in total. The van der Waals surface area contributed by atoms with Gasteiger partial charge in [-0.25, -0.2) is 15.0 Å². The van der Waals surface area contributed by atoms with Gasteiger partial charge in [-0.3, -0.25) is 4.40 Å². The van der Waals surface area contributed by atoms with E-state index in [0.29, 0.717) is 17.7 Å². The number of nitrogen functional groups attached to an aromatic ring is 1. The quantitative estimate of drug-likeness (QED) is 0.441. The van der Waals surface area contributed by atoms with Crippen molar-refractivity contribution in [2.45, 2.75) is 18.8 Å². The summed E-state index contributed by atoms with van der Waals surface area (Å²) in [5.41, 5.74) is 17.9. The number of nitrogens with two attached hydrogens (primary N) is 2. The lowest BCUT2D eigenvalue weighted by molar-refractivity contribution is 0.262. The van der Waals surface area contributed by atoms with Gasteiger partial charge in [-0.05, 0) is 37.4 Å². The standard InChI is InChI=1S/C26H24N6/c27-15-16-12-20(13-16)26-31-23(24-25(28)29-10-11-32(24)26)19-7-6-18-8-9-21(30-22(18)14-19)17-4-2-1-3-5-17/h1-11,14,16,20H,12-13,15,27H2,(H2,28,29)/t16-,20+. The van der Waals surface area contributed by atoms with Crippen LogP contribution in [0, 0.1) is 5.92 Å². The van der Waals surface area contributed by atoms with Crippen molar-refractivity contribution in [3.05, 3.63) is 78.9 Å². The fraction of sp³-hybridized carbons (Fsp3) is 0.192. The molecule has 0 saturated heterocycles. The Morgan fingerprint density at radius 1 is 0.938 bits per heavy atom. The zero-order valence-corrected chi connectivity index (χ0v) is 17.6. The molecule has 32 heavy (non-hydrogen) atoms. The van der Waals surface area contributed by atoms with Gasteiger partial charge in [-0.1, -0.05) is 48.5 Å². The molecule has 3 heterocycles. The lowest BCUT2D eigenvalue weighted by Gasteiger charge is -2.33. The molecule has 5 aromatic rings. The number of hydrogen-bond acceptors (Lipinski definition) is 5. The van der Waals surface area contributed by atoms with E-state index in [4.69, 9.17) is 21.4 Å². The van der Waals surface area contributed by atoms with Gasteiger partial charge >= 0.3 is 0 Å². The lowest BCUT2D eigenvalue weighted by atomic mass is 9.74. The monoisotopic (exact) mass is 420 g/mol. The van der Waals surface area contributed by atoms with Crippen molar-refractivity contribution >= 4 is 22.2 Å². The second-order valence-corrected chi connectivity index (χ2v) is 8.59. The van der Waals surface area contributed by atoms with Crippen molar-refractivity contribution < 1.29 is 0 Å². The minimum atomic E-state index is 0.398. The van der Waals surface area contributed by atoms with Crippen molar-refractivity contribution in [2.24, 2.45) is 11.7 Å². The maximum absolute atomic E-state index is 6.33. The highest BCUT2D eigenvalue weighted by Crippen LogP contribution is 2.42. The van der Waals surface area contributed by atoms with E-state index in [1.165, 1.54) is 0 Å². The van der Waals surface area contributed by atoms with Crippen LogP contribution < -0.4 is 11.5 Å². The van der Waals surface area contributed by atoms with Gasteiger partial charge in [-0.15, -0.1) is 0 Å². The molecule has 1 saturated carbocycles. The number of imidazole rings is 1. The average molecular weight is 421 g/mol. The molecule has 4 N–H and O–H groups in total. The van der Waals surface area contributed by atoms with E-state index in [1.54, 1.807) is 6.20 Å². The Kier molecular flexibility index (Phi) is 4.40. The van der Waals surface area contributed by atoms with Crippen LogP contribution in [0.5, 0.6) is 0 Å². The molecule has 6 rings (SSSR count). The Bertz CT molecular complexity index is 1430. The molecule has 0 spiro atoms. The normalized spacial score (nSPS) is 18.2. The molecule has 2 aromatic carbocycles. The molecule has 0 atom stereocenters. The Morgan fingerprint density at radius 2 is 1.75 bits per heavy atom. The van der Waals surface area contributed by atoms with E-state index in [1.807, 2.05) is 24.4 Å². The number of anilines is 1. The van der Waals surface area contributed by atoms with E-state index in [-0.39, 0.29) is 0 Å². The Hall–Kier alpha value is -3.77. The molecule has 1 fully saturated rings. The van der Waals surface area contributed by atoms with Gasteiger partial charge in [0.25, 0.3) is 0 Å². The topological polar surface area (TPSA) is 95.1 Å². The summed E-state index contributed by atoms with van der Waals surface area (Å²) in [5, 5.41) is 1.09. The molecule has 0 amide bonds. The number of pyridine rings is 1. The number of rotatable bonds is 4. The average Bonchev–Trinajstić information content (AvgIpc) is 3.19. The summed E-state index contributed by atoms with van der Waals surface area (Å²) < 4.78 is 2.10. The van der Waals surface area contributed by atoms with Gasteiger partial charge in [0.05, 0.1) is 11.2 Å². The van der Waals surface area contributed by atoms with Crippen LogP contribution in [0.4, 0.5) is 5.82 Å². The van der Waals surface area contributed by atoms with Gasteiger partial charge in [0.1, 0.15) is 22.9 Å². The number of benzene rings is 2. The molecule has 0 bridgehead atoms. The first-order chi connectivity index (χ1) is 15.7. The minimum Gasteiger partial charge on any atom is -0.382 e. The summed E-state index contributed by atoms with van der Waals surface area (Å²) in [6.07, 6.45) is 5.83. The third kappa shape index (κ3) is 3.03. The summed E-state index contributed by atoms with van der Waals surface area (Å²) >= 11 is 0. The van der Waals surface area contributed by atoms with Crippen molar-refractivity contribution in [2.75, 3.05) is 12.3 Å². The highest BCUT2D eigenvalue weighted by atomic mass is 15.1. The summed E-state index contributed by atoms with van der Waals surface area (Å²) in [4.78, 5) is 14.3. The molecular weight excluding hydrogens is 396 g/mol. The van der Waals surface area contributed by atoms with Crippen LogP contribution in [0.2, 0.25) is 0 Å². The first-order valence-corrected chi connectivity index (χ1v) is 11.0. The molecule has 0 aliphatic heterocycles. The van der Waals surface area contributed by atoms with Crippen molar-refractivity contribution in [3.8, 4) is 22.5 Å². The van der Waals surface area contributed by atoms with E-state index >= 15 is 0 Å². The van der Waals surface area contributed by atoms with E-state index in [0.717, 1.165) is 64.1 Å². The smallest absolute Gasteiger partial charge is 0.150 e. The molecule has 158 valence electrons. The molecule has 1 aliphatic carbocycles. The van der Waals surface area contributed by atoms with Gasteiger partial charge in [-0.2, -0.15) is 0 Å². The molecule has 0 radical (unpaired) electrons. The highest BCUT2D eigenvalue weighted by molar-refractivity contribution is 5.91. The number of nitrogens with zero attached hydrogens (tertiary/aromatic N) is 4. The molecule has 3 aromatic heterocycles. The summed E-state index contributed by atoms with van der Waals surface area (Å²) in [6, 6.07) is 20.7. The third-order valence-electron chi connectivity index (χ3n) is 6.58. The maximum atomic E-state index is 6.33. The molecule has 1 aliphatic rings. The Balaban J connectivity index is 1.49. The third-order valence-corrected chi connectivity index (χ3v) is 6.58. The first-order valence-electron chi connectivity index (χ1n) is 11.0. The van der Waals surface area contributed by atoms with Crippen molar-refractivity contribution in [1.82, 2.24) is 19.4 Å². The van der Waals surface area contributed by atoms with Gasteiger partial charge in [0.2, 0.25) is 0 Å². The van der Waals surface area contributed by atoms with E-state index in [9.17, 15) is 0 Å². The van der Waals surface area contributed by atoms with E-state index < -0.39 is 0 Å². The summed E-state index contributed by atoms with van der Waals surface area (Å²) in [7, 11) is 0. The summed E-state index contributed by atoms with van der Waals surface area (Å²) in [5.74, 6) is 2.51. The van der Waals surface area contributed by atoms with Crippen molar-refractivity contribution in [1.29, 1.82) is 0 Å². The lowest BCUT2D eigenvalue weighted by Crippen LogP contribution is -2.29. The number of fused-ring (bicyclic) bond motifs is 2. The highest BCUT2D eigenvalue weighted by Gasteiger charge is 2.33. The molecular formula is C26H24N6. The Labute approximate surface area is 186 Å². The van der Waals surface area contributed by atoms with Crippen LogP contribution in [-0.4, -0.2) is 25.9 Å². The van der Waals surface area contributed by atoms with Crippen molar-refractivity contribution in [3.63, 3.8) is 0 Å². The fourth-order valence-corrected chi connectivity index (χ4v) is 4.75. The zero-order chi connectivity index (χ0) is 21.7. The van der Waals surface area contributed by atoms with E-state index in [2.05, 4.69) is 51.8 Å². The van der Waals surface area contributed by atoms with Crippen LogP contribution in [0.15, 0.2) is 73.1 Å². The van der Waals surface area contributed by atoms with Crippen LogP contribution in [0.1, 0.15) is 24.6 Å². The van der Waals surface area contributed by atoms with Gasteiger partial charge < -0.3 is 11.5 Å². The SMILES string of the molecule is NC[C@H]1C[C@@H](c2nc(-c3ccc4ccc(-c5ccccc5)nc4c3)c3c(N)nccn32)C1. The minimum absolute atomic E-state index is 0.398. The molecule has 0 unspecified atom stereocenters. The second-order valence-electron chi connectivity index (χ2n) is 8.59. The Morgan fingerprint density at radius 3 is 2.56 bits per heavy atom. The van der Waals surface area contributed by atoms with Crippen LogP contribution in [-0.2, 0) is 0 Å². The number of hydrogen-bond donors (Lipinski definition) is 2. The number of aromatic nitrogens is 4. The second kappa shape index (κ2) is 7.43. The van der Waals surface area contributed by atoms with Crippen LogP contribution in [0.25, 0.3) is 38.9 Å². The first kappa shape index (κ1) is 19.0. The summed E-state index contributed by atoms with van der Waals surface area (Å²) in [6.45, 7) is 0.733. The van der Waals surface area contributed by atoms with Crippen LogP contribution in [0.3, 0.4) is 0 Å². The molecule has 6 heteroatoms. The fourth-order valence-electron chi connectivity index (χ4n) is 4.75. The largest absolute Gasteiger partial charge is 0.382 e. The predicted octanol–water partition coefficient (Wildman–Crippen LogP) is 4.65. The maximum Gasteiger partial charge on any atom is 0.150 e. The van der Waals surface area contributed by atoms with Gasteiger partial charge in [0.15, 0.2) is 0 Å². The predicted molar refractivity (Wildman–Crippen MR) is 128 cm³/mol. The van der Waals surface area contributed by atoms with Crippen LogP contribution >= 0.6 is 0 Å². The van der Waals surface area contributed by atoms with Gasteiger partial charge in [0, 0.05) is 34.8 Å². The zero-order valence-electron chi connectivity index (χ0n) is 17.6.